The van der Waals surface area contributed by atoms with Gasteiger partial charge in [0.25, 0.3) is 0 Å². The van der Waals surface area contributed by atoms with Crippen LogP contribution in [0.5, 0.6) is 0 Å². The lowest BCUT2D eigenvalue weighted by atomic mass is 10.0. The summed E-state index contributed by atoms with van der Waals surface area (Å²) in [7, 11) is 0. The topological polar surface area (TPSA) is 42.7 Å². The summed E-state index contributed by atoms with van der Waals surface area (Å²) in [6.45, 7) is 5.18. The first-order valence-electron chi connectivity index (χ1n) is 8.49. The molecule has 24 heavy (non-hydrogen) atoms. The summed E-state index contributed by atoms with van der Waals surface area (Å²) in [5, 5.41) is 12.1. The van der Waals surface area contributed by atoms with Crippen LogP contribution in [0.25, 0.3) is 5.69 Å². The van der Waals surface area contributed by atoms with Crippen LogP contribution in [-0.4, -0.2) is 14.8 Å². The number of aromatic nitrogens is 3. The van der Waals surface area contributed by atoms with Crippen LogP contribution >= 0.6 is 0 Å². The molecule has 4 heteroatoms. The Morgan fingerprint density at radius 1 is 1.17 bits per heavy atom. The van der Waals surface area contributed by atoms with Crippen LogP contribution < -0.4 is 5.32 Å². The number of benzene rings is 2. The van der Waals surface area contributed by atoms with E-state index in [9.17, 15) is 0 Å². The maximum absolute atomic E-state index is 4.30. The first-order valence-corrected chi connectivity index (χ1v) is 8.49. The molecule has 0 amide bonds. The molecule has 1 aliphatic rings. The molecule has 0 aliphatic heterocycles. The molecule has 1 aromatic heterocycles. The first-order chi connectivity index (χ1) is 11.7. The zero-order chi connectivity index (χ0) is 16.5. The zero-order valence-corrected chi connectivity index (χ0v) is 14.1. The van der Waals surface area contributed by atoms with Crippen LogP contribution in [0.3, 0.4) is 0 Å². The average molecular weight is 318 g/mol. The summed E-state index contributed by atoms with van der Waals surface area (Å²) in [5.41, 5.74) is 5.32. The predicted octanol–water partition coefficient (Wildman–Crippen LogP) is 3.60. The Balaban J connectivity index is 1.55. The summed E-state index contributed by atoms with van der Waals surface area (Å²) in [5.74, 6) is 1.53. The third-order valence-electron chi connectivity index (χ3n) is 4.88. The van der Waals surface area contributed by atoms with Gasteiger partial charge in [-0.05, 0) is 42.5 Å². The summed E-state index contributed by atoms with van der Waals surface area (Å²) >= 11 is 0. The van der Waals surface area contributed by atoms with Crippen molar-refractivity contribution in [3.63, 3.8) is 0 Å². The molecule has 1 N–H and O–H groups in total. The molecule has 0 saturated heterocycles. The van der Waals surface area contributed by atoms with Crippen LogP contribution in [0, 0.1) is 12.8 Å². The van der Waals surface area contributed by atoms with Crippen LogP contribution in [-0.2, 0) is 13.0 Å². The van der Waals surface area contributed by atoms with E-state index in [4.69, 9.17) is 0 Å². The van der Waals surface area contributed by atoms with Gasteiger partial charge >= 0.3 is 0 Å². The van der Waals surface area contributed by atoms with Gasteiger partial charge in [0.1, 0.15) is 6.33 Å². The Bertz CT molecular complexity index is 838. The number of para-hydroxylation sites is 1. The van der Waals surface area contributed by atoms with E-state index in [2.05, 4.69) is 59.7 Å². The number of rotatable bonds is 4. The van der Waals surface area contributed by atoms with Gasteiger partial charge in [0.15, 0.2) is 5.82 Å². The van der Waals surface area contributed by atoms with Gasteiger partial charge in [0, 0.05) is 11.7 Å². The van der Waals surface area contributed by atoms with Crippen LogP contribution in [0.15, 0.2) is 54.9 Å². The highest BCUT2D eigenvalue weighted by Gasteiger charge is 2.29. The van der Waals surface area contributed by atoms with Gasteiger partial charge in [-0.2, -0.15) is 0 Å². The lowest BCUT2D eigenvalue weighted by Crippen LogP contribution is -2.25. The van der Waals surface area contributed by atoms with Gasteiger partial charge in [-0.3, -0.25) is 4.57 Å². The maximum atomic E-state index is 4.30. The standard InChI is InChI=1S/C20H22N4/c1-14-8-9-16-11-15(2)20(18(16)10-14)21-12-19-23-22-13-24(19)17-6-4-3-5-7-17/h3-10,13,15,20-21H,11-12H2,1-2H3/t15-,20+/m1/s1. The normalized spacial score (nSPS) is 19.4. The van der Waals surface area contributed by atoms with Crippen LogP contribution in [0.2, 0.25) is 0 Å². The van der Waals surface area contributed by atoms with E-state index in [-0.39, 0.29) is 0 Å². The van der Waals surface area contributed by atoms with Crippen molar-refractivity contribution >= 4 is 0 Å². The minimum atomic E-state index is 0.376. The lowest BCUT2D eigenvalue weighted by molar-refractivity contribution is 0.409. The maximum Gasteiger partial charge on any atom is 0.151 e. The molecule has 1 aliphatic carbocycles. The molecular weight excluding hydrogens is 296 g/mol. The molecular formula is C20H22N4. The molecule has 4 nitrogen and oxygen atoms in total. The summed E-state index contributed by atoms with van der Waals surface area (Å²) < 4.78 is 2.05. The first kappa shape index (κ1) is 15.1. The second kappa shape index (κ2) is 6.21. The molecule has 2 aromatic carbocycles. The van der Waals surface area contributed by atoms with Gasteiger partial charge in [0.05, 0.1) is 6.54 Å². The van der Waals surface area contributed by atoms with Crippen LogP contribution in [0.1, 0.15) is 35.5 Å². The number of hydrogen-bond donors (Lipinski definition) is 1. The van der Waals surface area contributed by atoms with E-state index in [1.165, 1.54) is 16.7 Å². The number of nitrogens with one attached hydrogen (secondary N) is 1. The molecule has 3 aromatic rings. The van der Waals surface area contributed by atoms with Crippen molar-refractivity contribution in [1.29, 1.82) is 0 Å². The largest absolute Gasteiger partial charge is 0.303 e. The molecule has 0 spiro atoms. The minimum absolute atomic E-state index is 0.376. The van der Waals surface area contributed by atoms with Crippen molar-refractivity contribution in [2.24, 2.45) is 5.92 Å². The van der Waals surface area contributed by atoms with Crippen molar-refractivity contribution in [3.8, 4) is 5.69 Å². The Morgan fingerprint density at radius 2 is 2.00 bits per heavy atom. The lowest BCUT2D eigenvalue weighted by Gasteiger charge is -2.19. The summed E-state index contributed by atoms with van der Waals surface area (Å²) in [6, 6.07) is 17.4. The smallest absolute Gasteiger partial charge is 0.151 e. The highest BCUT2D eigenvalue weighted by molar-refractivity contribution is 5.38. The predicted molar refractivity (Wildman–Crippen MR) is 95.0 cm³/mol. The highest BCUT2D eigenvalue weighted by atomic mass is 15.3. The second-order valence-corrected chi connectivity index (χ2v) is 6.69. The summed E-state index contributed by atoms with van der Waals surface area (Å²) in [4.78, 5) is 0. The molecule has 0 fully saturated rings. The van der Waals surface area contributed by atoms with Gasteiger partial charge < -0.3 is 5.32 Å². The Hall–Kier alpha value is -2.46. The molecule has 2 atom stereocenters. The van der Waals surface area contributed by atoms with E-state index in [1.54, 1.807) is 6.33 Å². The molecule has 0 unspecified atom stereocenters. The fraction of sp³-hybridized carbons (Fsp3) is 0.300. The highest BCUT2D eigenvalue weighted by Crippen LogP contribution is 2.36. The van der Waals surface area contributed by atoms with Crippen molar-refractivity contribution in [3.05, 3.63) is 77.4 Å². The Kier molecular flexibility index (Phi) is 3.90. The van der Waals surface area contributed by atoms with E-state index in [0.29, 0.717) is 18.5 Å². The van der Waals surface area contributed by atoms with E-state index >= 15 is 0 Å². The van der Waals surface area contributed by atoms with Gasteiger partial charge in [-0.15, -0.1) is 10.2 Å². The van der Waals surface area contributed by atoms with Gasteiger partial charge in [-0.25, -0.2) is 0 Å². The van der Waals surface area contributed by atoms with Crippen molar-refractivity contribution in [2.75, 3.05) is 0 Å². The Labute approximate surface area is 142 Å². The number of hydrogen-bond acceptors (Lipinski definition) is 3. The number of aryl methyl sites for hydroxylation is 1. The summed E-state index contributed by atoms with van der Waals surface area (Å²) in [6.07, 6.45) is 2.92. The average Bonchev–Trinajstić information content (AvgIpc) is 3.17. The third kappa shape index (κ3) is 2.74. The van der Waals surface area contributed by atoms with E-state index in [0.717, 1.165) is 17.9 Å². The number of fused-ring (bicyclic) bond motifs is 1. The zero-order valence-electron chi connectivity index (χ0n) is 14.1. The Morgan fingerprint density at radius 3 is 2.83 bits per heavy atom. The second-order valence-electron chi connectivity index (χ2n) is 6.69. The number of nitrogens with zero attached hydrogens (tertiary/aromatic N) is 3. The van der Waals surface area contributed by atoms with Gasteiger partial charge in [-0.1, -0.05) is 48.9 Å². The van der Waals surface area contributed by atoms with Gasteiger partial charge in [0.2, 0.25) is 0 Å². The molecule has 0 saturated carbocycles. The van der Waals surface area contributed by atoms with Crippen LogP contribution in [0.4, 0.5) is 0 Å². The quantitative estimate of drug-likeness (QED) is 0.799. The minimum Gasteiger partial charge on any atom is -0.303 e. The fourth-order valence-electron chi connectivity index (χ4n) is 3.66. The van der Waals surface area contributed by atoms with Crippen molar-refractivity contribution < 1.29 is 0 Å². The van der Waals surface area contributed by atoms with E-state index in [1.807, 2.05) is 22.8 Å². The monoisotopic (exact) mass is 318 g/mol. The molecule has 1 heterocycles. The molecule has 4 rings (SSSR count). The molecule has 0 bridgehead atoms. The molecule has 0 radical (unpaired) electrons. The van der Waals surface area contributed by atoms with E-state index < -0.39 is 0 Å². The molecule has 122 valence electrons. The fourth-order valence-corrected chi connectivity index (χ4v) is 3.66. The van der Waals surface area contributed by atoms with Crippen molar-refractivity contribution in [1.82, 2.24) is 20.1 Å². The van der Waals surface area contributed by atoms with Crippen molar-refractivity contribution in [2.45, 2.75) is 32.9 Å². The SMILES string of the molecule is Cc1ccc2c(c1)[C@@H](NCc1nncn1-c1ccccc1)[C@H](C)C2. The third-order valence-corrected chi connectivity index (χ3v) is 4.88.